The van der Waals surface area contributed by atoms with Gasteiger partial charge in [-0.3, -0.25) is 9.59 Å². The lowest BCUT2D eigenvalue weighted by molar-refractivity contribution is -0.304. The minimum atomic E-state index is -0.949. The maximum atomic E-state index is 13.3. The zero-order chi connectivity index (χ0) is 30.1. The first-order chi connectivity index (χ1) is 19.4. The molecule has 4 N–H and O–H groups in total. The van der Waals surface area contributed by atoms with Crippen molar-refractivity contribution in [3.05, 3.63) is 0 Å². The van der Waals surface area contributed by atoms with E-state index in [2.05, 4.69) is 22.9 Å². The highest BCUT2D eigenvalue weighted by molar-refractivity contribution is 5.82. The van der Waals surface area contributed by atoms with Gasteiger partial charge in [0.2, 0.25) is 5.91 Å². The number of ether oxygens (including phenoxy) is 2. The van der Waals surface area contributed by atoms with Gasteiger partial charge < -0.3 is 30.5 Å². The van der Waals surface area contributed by atoms with Crippen LogP contribution in [0.2, 0.25) is 0 Å². The predicted molar refractivity (Wildman–Crippen MR) is 159 cm³/mol. The third kappa shape index (κ3) is 9.84. The average molecular weight is 580 g/mol. The van der Waals surface area contributed by atoms with E-state index in [1.54, 1.807) is 13.8 Å². The number of nitrogens with one attached hydrogen (secondary N) is 3. The second-order valence-electron chi connectivity index (χ2n) is 14.0. The summed E-state index contributed by atoms with van der Waals surface area (Å²) in [7, 11) is 0. The number of carbonyl (C=O) groups is 3. The monoisotopic (exact) mass is 579 g/mol. The van der Waals surface area contributed by atoms with E-state index in [1.807, 2.05) is 13.8 Å². The van der Waals surface area contributed by atoms with Crippen LogP contribution in [0.3, 0.4) is 0 Å². The van der Waals surface area contributed by atoms with Crippen molar-refractivity contribution in [3.8, 4) is 0 Å². The molecule has 9 heteroatoms. The number of carboxylic acids is 1. The van der Waals surface area contributed by atoms with Crippen molar-refractivity contribution in [3.63, 3.8) is 0 Å². The molecule has 0 aromatic heterocycles. The molecule has 4 unspecified atom stereocenters. The number of urea groups is 1. The second-order valence-corrected chi connectivity index (χ2v) is 14.0. The van der Waals surface area contributed by atoms with Crippen LogP contribution in [0.5, 0.6) is 0 Å². The Kier molecular flexibility index (Phi) is 12.3. The third-order valence-electron chi connectivity index (χ3n) is 9.56. The van der Waals surface area contributed by atoms with Gasteiger partial charge in [-0.15, -0.1) is 0 Å². The molecule has 0 aromatic rings. The minimum Gasteiger partial charge on any atom is -0.481 e. The van der Waals surface area contributed by atoms with Crippen LogP contribution in [-0.4, -0.2) is 59.6 Å². The lowest BCUT2D eigenvalue weighted by atomic mass is 9.73. The number of unbranched alkanes of at least 4 members (excludes halogenated alkanes) is 5. The van der Waals surface area contributed by atoms with Crippen molar-refractivity contribution < 1.29 is 29.0 Å². The molecule has 2 saturated carbocycles. The van der Waals surface area contributed by atoms with Gasteiger partial charge in [0.15, 0.2) is 5.79 Å². The molecule has 0 radical (unpaired) electrons. The molecule has 2 aliphatic carbocycles. The first kappa shape index (κ1) is 33.6. The number of rotatable bonds is 14. The van der Waals surface area contributed by atoms with Crippen LogP contribution < -0.4 is 16.0 Å². The topological polar surface area (TPSA) is 126 Å². The number of carbonyl (C=O) groups excluding carboxylic acids is 2. The molecule has 0 aromatic carbocycles. The fourth-order valence-electron chi connectivity index (χ4n) is 6.77. The maximum absolute atomic E-state index is 13.3. The second kappa shape index (κ2) is 15.0. The maximum Gasteiger partial charge on any atom is 0.315 e. The van der Waals surface area contributed by atoms with E-state index in [9.17, 15) is 19.5 Å². The van der Waals surface area contributed by atoms with E-state index >= 15 is 0 Å². The standard InChI is InChI=1S/C32H57N3O6/c1-6-7-8-9-10-14-18-32(19-15-20-32)35-29(39)34-25-17-13-11-12-16-23(25)24(28(37)38)21-33-27(36)26-30(2,3)22-40-31(4,5)41-26/h23-26H,6-22H2,1-5H3,(H,33,36)(H,37,38)(H2,34,35,39). The summed E-state index contributed by atoms with van der Waals surface area (Å²) in [5.41, 5.74) is -0.671. The van der Waals surface area contributed by atoms with Gasteiger partial charge in [-0.05, 0) is 58.3 Å². The lowest BCUT2D eigenvalue weighted by Gasteiger charge is -2.45. The van der Waals surface area contributed by atoms with Crippen LogP contribution >= 0.6 is 0 Å². The van der Waals surface area contributed by atoms with Crippen molar-refractivity contribution in [1.82, 2.24) is 16.0 Å². The van der Waals surface area contributed by atoms with Crippen molar-refractivity contribution in [2.75, 3.05) is 13.2 Å². The Morgan fingerprint density at radius 1 is 0.927 bits per heavy atom. The molecule has 3 aliphatic rings. The Morgan fingerprint density at radius 3 is 2.27 bits per heavy atom. The Hall–Kier alpha value is -1.87. The molecule has 1 aliphatic heterocycles. The fraction of sp³-hybridized carbons (Fsp3) is 0.906. The summed E-state index contributed by atoms with van der Waals surface area (Å²) in [5.74, 6) is -3.23. The number of amides is 3. The first-order valence-electron chi connectivity index (χ1n) is 16.3. The average Bonchev–Trinajstić information content (AvgIpc) is 3.11. The van der Waals surface area contributed by atoms with Gasteiger partial charge in [-0.25, -0.2) is 4.79 Å². The van der Waals surface area contributed by atoms with Gasteiger partial charge in [0.05, 0.1) is 12.5 Å². The van der Waals surface area contributed by atoms with Gasteiger partial charge in [0, 0.05) is 23.5 Å². The molecule has 0 bridgehead atoms. The largest absolute Gasteiger partial charge is 0.481 e. The highest BCUT2D eigenvalue weighted by Crippen LogP contribution is 2.37. The summed E-state index contributed by atoms with van der Waals surface area (Å²) in [6.45, 7) is 9.96. The normalized spacial score (nSPS) is 27.5. The quantitative estimate of drug-likeness (QED) is 0.150. The molecular formula is C32H57N3O6. The number of carboxylic acid groups (broad SMARTS) is 1. The summed E-state index contributed by atoms with van der Waals surface area (Å²) in [6.07, 6.45) is 15.1. The molecule has 0 spiro atoms. The fourth-order valence-corrected chi connectivity index (χ4v) is 6.77. The smallest absolute Gasteiger partial charge is 0.315 e. The Morgan fingerprint density at radius 2 is 1.61 bits per heavy atom. The summed E-state index contributed by atoms with van der Waals surface area (Å²) in [6, 6.07) is -0.434. The zero-order valence-corrected chi connectivity index (χ0v) is 26.3. The molecule has 3 fully saturated rings. The Labute approximate surface area is 247 Å². The van der Waals surface area contributed by atoms with E-state index in [-0.39, 0.29) is 36.0 Å². The Balaban J connectivity index is 1.59. The summed E-state index contributed by atoms with van der Waals surface area (Å²) in [5, 5.41) is 19.6. The molecule has 236 valence electrons. The van der Waals surface area contributed by atoms with Crippen LogP contribution in [0.4, 0.5) is 4.79 Å². The first-order valence-corrected chi connectivity index (χ1v) is 16.3. The number of aliphatic carboxylic acids is 1. The van der Waals surface area contributed by atoms with E-state index in [1.165, 1.54) is 32.1 Å². The summed E-state index contributed by atoms with van der Waals surface area (Å²) < 4.78 is 11.7. The summed E-state index contributed by atoms with van der Waals surface area (Å²) in [4.78, 5) is 39.0. The number of hydrogen-bond acceptors (Lipinski definition) is 5. The van der Waals surface area contributed by atoms with Gasteiger partial charge in [0.1, 0.15) is 6.10 Å². The van der Waals surface area contributed by atoms with Gasteiger partial charge in [-0.2, -0.15) is 0 Å². The van der Waals surface area contributed by atoms with Gasteiger partial charge >= 0.3 is 12.0 Å². The molecule has 1 heterocycles. The van der Waals surface area contributed by atoms with Crippen molar-refractivity contribution in [1.29, 1.82) is 0 Å². The molecule has 9 nitrogen and oxygen atoms in total. The van der Waals surface area contributed by atoms with Gasteiger partial charge in [0.25, 0.3) is 0 Å². The highest BCUT2D eigenvalue weighted by Gasteiger charge is 2.46. The zero-order valence-electron chi connectivity index (χ0n) is 26.3. The molecule has 3 amide bonds. The lowest BCUT2D eigenvalue weighted by Crippen LogP contribution is -2.59. The molecular weight excluding hydrogens is 522 g/mol. The SMILES string of the molecule is CCCCCCCCC1(NC(=O)NC2CCCCCC2C(CNC(=O)C2OC(C)(C)OCC2(C)C)C(=O)O)CCC1. The summed E-state index contributed by atoms with van der Waals surface area (Å²) >= 11 is 0. The molecule has 1 saturated heterocycles. The van der Waals surface area contributed by atoms with Crippen LogP contribution in [0.1, 0.15) is 131 Å². The van der Waals surface area contributed by atoms with E-state index in [0.717, 1.165) is 57.8 Å². The van der Waals surface area contributed by atoms with E-state index < -0.39 is 29.2 Å². The minimum absolute atomic E-state index is 0.00216. The predicted octanol–water partition coefficient (Wildman–Crippen LogP) is 5.90. The van der Waals surface area contributed by atoms with Crippen LogP contribution in [0.25, 0.3) is 0 Å². The van der Waals surface area contributed by atoms with Crippen molar-refractivity contribution in [2.24, 2.45) is 17.3 Å². The highest BCUT2D eigenvalue weighted by atomic mass is 16.7. The van der Waals surface area contributed by atoms with Gasteiger partial charge in [-0.1, -0.05) is 78.6 Å². The molecule has 4 atom stereocenters. The van der Waals surface area contributed by atoms with Crippen LogP contribution in [0.15, 0.2) is 0 Å². The van der Waals surface area contributed by atoms with Crippen LogP contribution in [-0.2, 0) is 19.1 Å². The van der Waals surface area contributed by atoms with Crippen LogP contribution in [0, 0.1) is 17.3 Å². The Bertz CT molecular complexity index is 871. The van der Waals surface area contributed by atoms with Crippen molar-refractivity contribution in [2.45, 2.75) is 154 Å². The third-order valence-corrected chi connectivity index (χ3v) is 9.56. The van der Waals surface area contributed by atoms with E-state index in [0.29, 0.717) is 13.0 Å². The number of hydrogen-bond donors (Lipinski definition) is 4. The van der Waals surface area contributed by atoms with Crippen molar-refractivity contribution >= 4 is 17.9 Å². The molecule has 3 rings (SSSR count). The molecule has 41 heavy (non-hydrogen) atoms. The van der Waals surface area contributed by atoms with E-state index in [4.69, 9.17) is 9.47 Å².